The second-order valence-electron chi connectivity index (χ2n) is 26.3. The molecule has 5 heterocycles. The van der Waals surface area contributed by atoms with Crippen LogP contribution in [0, 0.1) is 31.7 Å². The van der Waals surface area contributed by atoms with E-state index in [-0.39, 0.29) is 114 Å². The van der Waals surface area contributed by atoms with E-state index in [0.717, 1.165) is 93.6 Å². The maximum atomic E-state index is 11.6. The number of nitriles is 1. The number of rotatable bonds is 22. The molecular weight excluding hydrogens is 1980 g/mol. The Morgan fingerprint density at radius 2 is 0.869 bits per heavy atom. The molecule has 137 heavy (non-hydrogen) atoms. The molecule has 0 spiro atoms. The molecule has 8 aromatic carbocycles. The average Bonchev–Trinajstić information content (AvgIpc) is 0.904. The summed E-state index contributed by atoms with van der Waals surface area (Å²) in [6.45, 7) is 7.43. The van der Waals surface area contributed by atoms with Crippen molar-refractivity contribution in [2.75, 3.05) is 172 Å². The van der Waals surface area contributed by atoms with Gasteiger partial charge in [0.1, 0.15) is 119 Å². The number of hydrogen-bond donors (Lipinski definition) is 10. The molecule has 1 aliphatic carbocycles. The molecule has 0 radical (unpaired) electrons. The van der Waals surface area contributed by atoms with Crippen LogP contribution in [-0.2, 0) is 4.57 Å². The van der Waals surface area contributed by atoms with Crippen molar-refractivity contribution in [2.24, 2.45) is 0 Å². The van der Waals surface area contributed by atoms with Crippen LogP contribution >= 0.6 is 73.7 Å². The number of ether oxygens (including phenoxy) is 14. The summed E-state index contributed by atoms with van der Waals surface area (Å²) in [5, 5.41) is 84.8. The smallest absolute Gasteiger partial charge is 0.812 e. The number of H-pyrrole nitrogens is 2. The van der Waals surface area contributed by atoms with Crippen molar-refractivity contribution in [3.63, 3.8) is 0 Å². The maximum absolute atomic E-state index is 11.6. The molecule has 3 fully saturated rings. The summed E-state index contributed by atoms with van der Waals surface area (Å²) in [7, 11) is 19.8. The average molecular weight is 2080 g/mol. The number of carboxylic acid groups (broad SMARTS) is 3. The number of nitrogens with one attached hydrogen (secondary N) is 3. The standard InChI is InChI=1S/C21H23ClN4O3.C11H16N2O.C10H8Cl2N2O2.C10H10N2O4.C9H9NO6.C9H11NO4.C9H10O4.C3H7BO2.CHNO.Cl3OP.K.HNO3.H2/c1-27-15-7-5-4-6-14(15)25-10-12-26(13-11-25)20-18-16(28-2)8-9-17(29-3)19(18)23-21(22)24-20;1-14-11-5-3-2-4-10(11)13-8-6-12-7-9-13;1-15-5-3-4-6(16-2)8-7(5)9(11)14-10(12)13-8;1-15-5-3-4-6(16-2)8-7(5)9(13)12-10(14)11-8;1-15-5-3-4-6(16-2)8(10(13)14)7(5)9(11)12;1-13-5-3-4-6(14-2)8(10)7(5)9(11)12;1-12-6-3-4-8(13-2)7(5-6)9(10)11;5-4(6)3-1-2-3;2-1-3;1-5(2,3)4;;2-1(3)4;/h4-9H,10-13H2,1-3H3;2-5,12H,6-9H2,1H3;3-4H,1-2H3;3-4H,1-2H3,(H2,11,12,13,14);3-4H,1-2H3,(H,11,12);3-4H,10H2,1-2H3,(H,11,12);3-5H,1-2H3,(H,10,11);3,5-6H,1-2H2;3H;;;(H,2,3,4);1H/q;;;;;;;;;;+1;;/p-1. The number of nitrogens with zero attached hydrogens (tertiary/aromatic N) is 10. The van der Waals surface area contributed by atoms with E-state index in [9.17, 15) is 38.7 Å². The Morgan fingerprint density at radius 1 is 0.504 bits per heavy atom. The summed E-state index contributed by atoms with van der Waals surface area (Å²) < 4.78 is 80.9. The SMILES string of the molecule is COc1ccc(OC)c(C(=O)O)c1.COc1ccc(OC)c(C(=O)O)c1N.COc1ccc(OC)c([N+](=O)[O-])c1C(=O)O.COc1ccc(OC)c2c(=O)[nH]c(=O)[nH]c12.COc1ccc(OC)c2c(Cl)nc(Cl)nc12.COc1ccccc1N1CCN(c2nc(Cl)nc3c(OC)ccc(OC)c23)CC1.COc1ccccc1N1CCNCC1.N#C[O-].O=P(Cl)(Cl)Cl.O=[N+]([O-])O.OB(O)C1CC1.[HH].[K+]. The zero-order valence-corrected chi connectivity index (χ0v) is 84.6. The monoisotopic (exact) mass is 2080 g/mol. The van der Waals surface area contributed by atoms with Gasteiger partial charge >= 0.3 is 93.0 Å². The number of benzene rings is 8. The van der Waals surface area contributed by atoms with Crippen molar-refractivity contribution < 1.29 is 184 Å². The number of aromatic carboxylic acids is 3. The summed E-state index contributed by atoms with van der Waals surface area (Å²) in [6.07, 6.45) is 2.50. The molecule has 11 N–H and O–H groups in total. The Labute approximate surface area is 855 Å². The van der Waals surface area contributed by atoms with Crippen molar-refractivity contribution in [1.29, 1.82) is 5.26 Å². The Bertz CT molecular complexity index is 6020. The minimum absolute atomic E-state index is 0. The number of fused-ring (bicyclic) bond motifs is 3. The minimum atomic E-state index is -3.22. The number of aromatic nitrogens is 6. The van der Waals surface area contributed by atoms with Crippen molar-refractivity contribution in [1.82, 2.24) is 35.2 Å². The zero-order valence-electron chi connectivity index (χ0n) is 76.0. The fraction of sp³-hybridized carbons (Fsp3) is 0.301. The predicted molar refractivity (Wildman–Crippen MR) is 510 cm³/mol. The molecule has 11 aromatic rings. The molecule has 0 bridgehead atoms. The molecule has 736 valence electrons. The third-order valence-electron chi connectivity index (χ3n) is 18.6. The summed E-state index contributed by atoms with van der Waals surface area (Å²) in [5.74, 6) is 3.65. The summed E-state index contributed by atoms with van der Waals surface area (Å²) in [6, 6.07) is 36.9. The predicted octanol–water partition coefficient (Wildman–Crippen LogP) is 9.79. The van der Waals surface area contributed by atoms with Crippen LogP contribution in [0.1, 0.15) is 45.3 Å². The Balaban J connectivity index is 0.000000535. The number of piperazine rings is 2. The number of carboxylic acids is 3. The van der Waals surface area contributed by atoms with E-state index >= 15 is 0 Å². The van der Waals surface area contributed by atoms with Gasteiger partial charge in [-0.1, -0.05) is 48.7 Å². The van der Waals surface area contributed by atoms with E-state index in [1.165, 1.54) is 86.8 Å². The fourth-order valence-corrected chi connectivity index (χ4v) is 13.0. The number of anilines is 4. The van der Waals surface area contributed by atoms with Gasteiger partial charge in [0.15, 0.2) is 11.3 Å². The number of carbonyl (C=O) groups is 3. The number of para-hydroxylation sites is 4. The van der Waals surface area contributed by atoms with Gasteiger partial charge in [-0.05, 0) is 166 Å². The number of methoxy groups -OCH3 is 14. The summed E-state index contributed by atoms with van der Waals surface area (Å²) >= 11 is 31.9. The van der Waals surface area contributed by atoms with Crippen molar-refractivity contribution in [2.45, 2.75) is 18.7 Å². The van der Waals surface area contributed by atoms with Crippen molar-refractivity contribution in [3.05, 3.63) is 201 Å². The van der Waals surface area contributed by atoms with Gasteiger partial charge in [-0.2, -0.15) is 4.98 Å². The minimum Gasteiger partial charge on any atom is -0.812 e. The van der Waals surface area contributed by atoms with Crippen LogP contribution in [-0.4, -0.2) is 247 Å². The van der Waals surface area contributed by atoms with E-state index in [0.29, 0.717) is 79.9 Å². The Kier molecular flexibility index (Phi) is 52.3. The van der Waals surface area contributed by atoms with Crippen LogP contribution in [0.4, 0.5) is 28.6 Å². The Hall–Kier alpha value is -12.4. The van der Waals surface area contributed by atoms with E-state index < -0.39 is 62.7 Å². The first kappa shape index (κ1) is 119. The molecule has 0 atom stereocenters. The molecule has 45 nitrogen and oxygen atoms in total. The maximum Gasteiger partial charge on any atom is 1.00 e. The van der Waals surface area contributed by atoms with Gasteiger partial charge in [-0.3, -0.25) is 24.5 Å². The molecule has 3 aromatic heterocycles. The van der Waals surface area contributed by atoms with Gasteiger partial charge in [-0.25, -0.2) is 39.4 Å². The van der Waals surface area contributed by atoms with E-state index in [2.05, 4.69) is 102 Å². The van der Waals surface area contributed by atoms with Gasteiger partial charge in [0.05, 0.1) is 132 Å². The molecule has 2 saturated heterocycles. The fourth-order valence-electron chi connectivity index (χ4n) is 12.4. The largest absolute Gasteiger partial charge is 1.00 e. The van der Waals surface area contributed by atoms with Crippen LogP contribution in [0.5, 0.6) is 80.5 Å². The number of nitrogen functional groups attached to an aromatic ring is 1. The van der Waals surface area contributed by atoms with Crippen LogP contribution < -0.4 is 160 Å². The zero-order chi connectivity index (χ0) is 102. The van der Waals surface area contributed by atoms with E-state index in [1.807, 2.05) is 42.5 Å². The van der Waals surface area contributed by atoms with Crippen LogP contribution in [0.3, 0.4) is 0 Å². The molecule has 1 saturated carbocycles. The first-order chi connectivity index (χ1) is 64.7. The summed E-state index contributed by atoms with van der Waals surface area (Å²) in [5.41, 5.74) is 7.27. The molecule has 0 unspecified atom stereocenters. The third-order valence-corrected chi connectivity index (χ3v) is 19.2. The molecule has 2 aliphatic heterocycles. The van der Waals surface area contributed by atoms with E-state index in [4.69, 9.17) is 158 Å². The third kappa shape index (κ3) is 36.2. The molecule has 14 rings (SSSR count). The molecular formula is C83H97BCl6KN14O31P. The van der Waals surface area contributed by atoms with Crippen LogP contribution in [0.25, 0.3) is 32.7 Å². The van der Waals surface area contributed by atoms with Crippen LogP contribution in [0.15, 0.2) is 137 Å². The molecule has 0 amide bonds. The van der Waals surface area contributed by atoms with E-state index in [1.54, 1.807) is 85.1 Å². The number of hydrogen-bond acceptors (Lipinski definition) is 37. The molecule has 54 heteroatoms. The van der Waals surface area contributed by atoms with Crippen molar-refractivity contribution in [3.8, 4) is 86.7 Å². The van der Waals surface area contributed by atoms with Gasteiger partial charge < -0.3 is 133 Å². The normalized spacial score (nSPS) is 11.7. The number of nitrogens with two attached hydrogens (primary N) is 1. The number of halogens is 6. The Morgan fingerprint density at radius 3 is 1.28 bits per heavy atom. The number of nitro groups is 1. The first-order valence-electron chi connectivity index (χ1n) is 38.8. The second kappa shape index (κ2) is 60.3. The summed E-state index contributed by atoms with van der Waals surface area (Å²) in [4.78, 5) is 102. The van der Waals surface area contributed by atoms with Crippen LogP contribution in [0.2, 0.25) is 21.5 Å². The van der Waals surface area contributed by atoms with Crippen molar-refractivity contribution >= 4 is 160 Å². The second-order valence-corrected chi connectivity index (χ2v) is 34.0. The van der Waals surface area contributed by atoms with Gasteiger partial charge in [0, 0.05) is 60.0 Å². The first-order valence-corrected chi connectivity index (χ1v) is 44.4. The van der Waals surface area contributed by atoms with Gasteiger partial charge in [0.2, 0.25) is 10.6 Å². The quantitative estimate of drug-likeness (QED) is 0.00441. The molecule has 3 aliphatic rings. The topological polar surface area (TPSA) is 617 Å². The number of aromatic amines is 2. The van der Waals surface area contributed by atoms with Gasteiger partial charge in [-0.15, -0.1) is 10.1 Å². The van der Waals surface area contributed by atoms with Gasteiger partial charge in [0.25, 0.3) is 10.6 Å². The number of nitro benzene ring substituents is 1.